The van der Waals surface area contributed by atoms with Gasteiger partial charge in [0.05, 0.1) is 0 Å². The van der Waals surface area contributed by atoms with E-state index in [1.807, 2.05) is 0 Å². The molecule has 0 atom stereocenters. The Morgan fingerprint density at radius 3 is 2.29 bits per heavy atom. The molecule has 1 N–H and O–H groups in total. The molecule has 0 spiro atoms. The molecule has 0 aliphatic heterocycles. The van der Waals surface area contributed by atoms with Crippen molar-refractivity contribution in [3.63, 3.8) is 0 Å². The zero-order valence-electron chi connectivity index (χ0n) is 7.87. The number of hydrogen-bond acceptors (Lipinski definition) is 2. The van der Waals surface area contributed by atoms with Gasteiger partial charge in [-0.15, -0.1) is 13.2 Å². The van der Waals surface area contributed by atoms with Gasteiger partial charge in [0, 0.05) is 12.8 Å². The lowest BCUT2D eigenvalue weighted by atomic mass is 9.93. The average Bonchev–Trinajstić information content (AvgIpc) is 2.53. The van der Waals surface area contributed by atoms with Crippen LogP contribution in [0.4, 0.5) is 0 Å². The molecule has 0 fully saturated rings. The summed E-state index contributed by atoms with van der Waals surface area (Å²) >= 11 is 3.20. The maximum atomic E-state index is 10.2. The predicted octanol–water partition coefficient (Wildman–Crippen LogP) is 3.38. The second-order valence-electron chi connectivity index (χ2n) is 3.12. The molecule has 0 aliphatic rings. The van der Waals surface area contributed by atoms with E-state index in [0.717, 1.165) is 0 Å². The molecule has 76 valence electrons. The molecule has 0 bridgehead atoms. The topological polar surface area (TPSA) is 33.4 Å². The van der Waals surface area contributed by atoms with Crippen molar-refractivity contribution in [1.82, 2.24) is 0 Å². The van der Waals surface area contributed by atoms with Crippen LogP contribution in [-0.2, 0) is 5.60 Å². The van der Waals surface area contributed by atoms with Crippen LogP contribution in [0.3, 0.4) is 0 Å². The number of rotatable bonds is 5. The molecule has 0 aliphatic carbocycles. The van der Waals surface area contributed by atoms with Gasteiger partial charge < -0.3 is 9.52 Å². The van der Waals surface area contributed by atoms with E-state index < -0.39 is 5.60 Å². The quantitative estimate of drug-likeness (QED) is 0.820. The molecule has 1 aromatic heterocycles. The fourth-order valence-electron chi connectivity index (χ4n) is 1.33. The Labute approximate surface area is 92.1 Å². The summed E-state index contributed by atoms with van der Waals surface area (Å²) in [6, 6.07) is 3.50. The van der Waals surface area contributed by atoms with E-state index >= 15 is 0 Å². The fourth-order valence-corrected chi connectivity index (χ4v) is 1.63. The van der Waals surface area contributed by atoms with E-state index in [4.69, 9.17) is 4.42 Å². The molecule has 1 rings (SSSR count). The summed E-state index contributed by atoms with van der Waals surface area (Å²) < 4.78 is 5.94. The predicted molar refractivity (Wildman–Crippen MR) is 59.9 cm³/mol. The molecule has 0 radical (unpaired) electrons. The van der Waals surface area contributed by atoms with Crippen LogP contribution in [0, 0.1) is 0 Å². The Bertz CT molecular complexity index is 318. The Kier molecular flexibility index (Phi) is 3.72. The van der Waals surface area contributed by atoms with Crippen LogP contribution in [0.25, 0.3) is 0 Å². The van der Waals surface area contributed by atoms with Gasteiger partial charge in [-0.1, -0.05) is 12.2 Å². The number of aliphatic hydroxyl groups is 1. The largest absolute Gasteiger partial charge is 0.451 e. The first-order chi connectivity index (χ1) is 6.62. The number of halogens is 1. The minimum Gasteiger partial charge on any atom is -0.451 e. The third-order valence-corrected chi connectivity index (χ3v) is 2.42. The third-order valence-electron chi connectivity index (χ3n) is 2.00. The van der Waals surface area contributed by atoms with Gasteiger partial charge in [-0.25, -0.2) is 0 Å². The zero-order chi connectivity index (χ0) is 10.6. The van der Waals surface area contributed by atoms with Crippen LogP contribution in [0.2, 0.25) is 0 Å². The van der Waals surface area contributed by atoms with E-state index in [2.05, 4.69) is 29.1 Å². The van der Waals surface area contributed by atoms with Gasteiger partial charge in [0.2, 0.25) is 0 Å². The summed E-state index contributed by atoms with van der Waals surface area (Å²) in [6.07, 6.45) is 4.22. The Morgan fingerprint density at radius 1 is 1.36 bits per heavy atom. The normalized spacial score (nSPS) is 11.3. The van der Waals surface area contributed by atoms with Crippen molar-refractivity contribution in [3.8, 4) is 0 Å². The number of furan rings is 1. The highest BCUT2D eigenvalue weighted by molar-refractivity contribution is 9.10. The monoisotopic (exact) mass is 256 g/mol. The summed E-state index contributed by atoms with van der Waals surface area (Å²) in [4.78, 5) is 0. The second-order valence-corrected chi connectivity index (χ2v) is 3.90. The van der Waals surface area contributed by atoms with Gasteiger partial charge in [0.25, 0.3) is 0 Å². The SMILES string of the molecule is C=CCC(O)(CC=C)c1ccc(Br)o1. The lowest BCUT2D eigenvalue weighted by Crippen LogP contribution is -2.23. The van der Waals surface area contributed by atoms with Crippen LogP contribution in [0.15, 0.2) is 46.5 Å². The van der Waals surface area contributed by atoms with Crippen molar-refractivity contribution in [2.24, 2.45) is 0 Å². The van der Waals surface area contributed by atoms with Crippen LogP contribution >= 0.6 is 15.9 Å². The molecule has 0 aromatic carbocycles. The van der Waals surface area contributed by atoms with E-state index in [-0.39, 0.29) is 0 Å². The first-order valence-electron chi connectivity index (χ1n) is 4.32. The van der Waals surface area contributed by atoms with Crippen molar-refractivity contribution in [2.45, 2.75) is 18.4 Å². The summed E-state index contributed by atoms with van der Waals surface area (Å²) in [5.74, 6) is 0.532. The first kappa shape index (κ1) is 11.3. The van der Waals surface area contributed by atoms with Gasteiger partial charge in [0.15, 0.2) is 4.67 Å². The van der Waals surface area contributed by atoms with E-state index in [9.17, 15) is 5.11 Å². The van der Waals surface area contributed by atoms with Gasteiger partial charge in [-0.3, -0.25) is 0 Å². The van der Waals surface area contributed by atoms with Crippen molar-refractivity contribution >= 4 is 15.9 Å². The minimum absolute atomic E-state index is 0.443. The van der Waals surface area contributed by atoms with Crippen molar-refractivity contribution in [2.75, 3.05) is 0 Å². The molecule has 1 aromatic rings. The third kappa shape index (κ3) is 2.36. The lowest BCUT2D eigenvalue weighted by Gasteiger charge is -2.22. The smallest absolute Gasteiger partial charge is 0.169 e. The Morgan fingerprint density at radius 2 is 1.93 bits per heavy atom. The number of hydrogen-bond donors (Lipinski definition) is 1. The standard InChI is InChI=1S/C11H13BrO2/c1-3-7-11(13,8-4-2)9-5-6-10(12)14-9/h3-6,13H,1-2,7-8H2. The maximum Gasteiger partial charge on any atom is 0.169 e. The van der Waals surface area contributed by atoms with Crippen LogP contribution in [0.5, 0.6) is 0 Å². The Balaban J connectivity index is 2.97. The molecular formula is C11H13BrO2. The van der Waals surface area contributed by atoms with Crippen LogP contribution in [0.1, 0.15) is 18.6 Å². The summed E-state index contributed by atoms with van der Waals surface area (Å²) in [7, 11) is 0. The highest BCUT2D eigenvalue weighted by Gasteiger charge is 2.29. The van der Waals surface area contributed by atoms with Gasteiger partial charge >= 0.3 is 0 Å². The molecule has 1 heterocycles. The van der Waals surface area contributed by atoms with E-state index in [0.29, 0.717) is 23.3 Å². The molecular weight excluding hydrogens is 244 g/mol. The van der Waals surface area contributed by atoms with Crippen molar-refractivity contribution in [3.05, 3.63) is 47.9 Å². The molecule has 0 saturated heterocycles. The maximum absolute atomic E-state index is 10.2. The van der Waals surface area contributed by atoms with Crippen LogP contribution < -0.4 is 0 Å². The summed E-state index contributed by atoms with van der Waals surface area (Å²) in [6.45, 7) is 7.23. The van der Waals surface area contributed by atoms with E-state index in [1.165, 1.54) is 0 Å². The van der Waals surface area contributed by atoms with Crippen molar-refractivity contribution in [1.29, 1.82) is 0 Å². The second kappa shape index (κ2) is 4.62. The fraction of sp³-hybridized carbons (Fsp3) is 0.273. The molecule has 0 amide bonds. The van der Waals surface area contributed by atoms with Gasteiger partial charge in [-0.2, -0.15) is 0 Å². The zero-order valence-corrected chi connectivity index (χ0v) is 9.46. The highest BCUT2D eigenvalue weighted by Crippen LogP contribution is 2.32. The molecule has 0 unspecified atom stereocenters. The molecule has 3 heteroatoms. The van der Waals surface area contributed by atoms with Crippen molar-refractivity contribution < 1.29 is 9.52 Å². The molecule has 2 nitrogen and oxygen atoms in total. The summed E-state index contributed by atoms with van der Waals surface area (Å²) in [5, 5.41) is 10.2. The average molecular weight is 257 g/mol. The van der Waals surface area contributed by atoms with Gasteiger partial charge in [0.1, 0.15) is 11.4 Å². The Hall–Kier alpha value is -0.800. The minimum atomic E-state index is -1.02. The lowest BCUT2D eigenvalue weighted by molar-refractivity contribution is 0.0198. The highest BCUT2D eigenvalue weighted by atomic mass is 79.9. The summed E-state index contributed by atoms with van der Waals surface area (Å²) in [5.41, 5.74) is -1.02. The van der Waals surface area contributed by atoms with Gasteiger partial charge in [-0.05, 0) is 28.1 Å². The first-order valence-corrected chi connectivity index (χ1v) is 5.11. The van der Waals surface area contributed by atoms with Crippen LogP contribution in [-0.4, -0.2) is 5.11 Å². The molecule has 14 heavy (non-hydrogen) atoms. The molecule has 0 saturated carbocycles. The van der Waals surface area contributed by atoms with E-state index in [1.54, 1.807) is 24.3 Å².